The second-order valence-corrected chi connectivity index (χ2v) is 5.20. The molecule has 0 amide bonds. The summed E-state index contributed by atoms with van der Waals surface area (Å²) in [7, 11) is 0. The molecule has 0 aromatic heterocycles. The molecular weight excluding hydrogens is 228 g/mol. The summed E-state index contributed by atoms with van der Waals surface area (Å²) in [5.74, 6) is 0.194. The number of benzene rings is 1. The molecule has 3 nitrogen and oxygen atoms in total. The van der Waals surface area contributed by atoms with Crippen LogP contribution in [0.5, 0.6) is 5.75 Å². The fourth-order valence-electron chi connectivity index (χ4n) is 2.66. The van der Waals surface area contributed by atoms with E-state index in [1.807, 2.05) is 26.0 Å². The Morgan fingerprint density at radius 1 is 1.33 bits per heavy atom. The van der Waals surface area contributed by atoms with Gasteiger partial charge in [0.05, 0.1) is 11.7 Å². The van der Waals surface area contributed by atoms with Gasteiger partial charge in [-0.3, -0.25) is 0 Å². The minimum Gasteiger partial charge on any atom is -0.491 e. The molecule has 0 radical (unpaired) electrons. The van der Waals surface area contributed by atoms with Crippen LogP contribution in [0.3, 0.4) is 0 Å². The summed E-state index contributed by atoms with van der Waals surface area (Å²) >= 11 is 0. The summed E-state index contributed by atoms with van der Waals surface area (Å²) in [6.07, 6.45) is 4.67. The van der Waals surface area contributed by atoms with Gasteiger partial charge in [-0.2, -0.15) is 0 Å². The molecule has 0 bridgehead atoms. The second-order valence-electron chi connectivity index (χ2n) is 5.20. The first-order valence-electron chi connectivity index (χ1n) is 6.62. The molecule has 0 saturated heterocycles. The minimum absolute atomic E-state index is 0.0592. The highest BCUT2D eigenvalue weighted by atomic mass is 16.5. The number of hydrogen-bond acceptors (Lipinski definition) is 2. The largest absolute Gasteiger partial charge is 0.491 e. The fraction of sp³-hybridized carbons (Fsp3) is 0.533. The predicted molar refractivity (Wildman–Crippen MR) is 70.4 cm³/mol. The van der Waals surface area contributed by atoms with Crippen molar-refractivity contribution in [2.75, 3.05) is 0 Å². The molecular formula is C15H20O3. The van der Waals surface area contributed by atoms with Gasteiger partial charge in [-0.15, -0.1) is 0 Å². The average Bonchev–Trinajstić information content (AvgIpc) is 2.81. The van der Waals surface area contributed by atoms with Gasteiger partial charge in [-0.1, -0.05) is 18.9 Å². The van der Waals surface area contributed by atoms with Crippen LogP contribution in [-0.4, -0.2) is 17.2 Å². The van der Waals surface area contributed by atoms with Crippen molar-refractivity contribution in [3.05, 3.63) is 29.3 Å². The summed E-state index contributed by atoms with van der Waals surface area (Å²) < 4.78 is 5.56. The van der Waals surface area contributed by atoms with Crippen molar-refractivity contribution in [1.82, 2.24) is 0 Å². The Labute approximate surface area is 108 Å². The van der Waals surface area contributed by atoms with Crippen LogP contribution >= 0.6 is 0 Å². The van der Waals surface area contributed by atoms with E-state index in [4.69, 9.17) is 4.74 Å². The van der Waals surface area contributed by atoms with Crippen LogP contribution < -0.4 is 4.74 Å². The molecule has 18 heavy (non-hydrogen) atoms. The van der Waals surface area contributed by atoms with Crippen molar-refractivity contribution in [2.24, 2.45) is 0 Å². The third kappa shape index (κ3) is 2.84. The Kier molecular flexibility index (Phi) is 3.90. The molecule has 1 aliphatic carbocycles. The molecule has 1 saturated carbocycles. The molecule has 1 fully saturated rings. The van der Waals surface area contributed by atoms with Gasteiger partial charge in [0.15, 0.2) is 0 Å². The average molecular weight is 248 g/mol. The maximum absolute atomic E-state index is 11.4. The van der Waals surface area contributed by atoms with Gasteiger partial charge in [-0.05, 0) is 50.3 Å². The van der Waals surface area contributed by atoms with E-state index in [9.17, 15) is 9.90 Å². The van der Waals surface area contributed by atoms with Crippen LogP contribution in [0, 0.1) is 0 Å². The maximum Gasteiger partial charge on any atom is 0.336 e. The lowest BCUT2D eigenvalue weighted by Gasteiger charge is -2.16. The number of carboxylic acids is 1. The standard InChI is InChI=1S/C15H20O3/c1-10(2)18-12-7-8-13(11-5-3-4-6-11)14(9-12)15(16)17/h7-11H,3-6H2,1-2H3,(H,16,17). The van der Waals surface area contributed by atoms with Crippen LogP contribution in [-0.2, 0) is 0 Å². The van der Waals surface area contributed by atoms with Gasteiger partial charge in [0.25, 0.3) is 0 Å². The minimum atomic E-state index is -0.855. The van der Waals surface area contributed by atoms with Gasteiger partial charge < -0.3 is 9.84 Å². The molecule has 0 aliphatic heterocycles. The zero-order chi connectivity index (χ0) is 13.1. The summed E-state index contributed by atoms with van der Waals surface area (Å²) in [4.78, 5) is 11.4. The van der Waals surface area contributed by atoms with Gasteiger partial charge in [0.1, 0.15) is 5.75 Å². The van der Waals surface area contributed by atoms with Crippen molar-refractivity contribution in [2.45, 2.75) is 51.6 Å². The van der Waals surface area contributed by atoms with E-state index in [2.05, 4.69) is 0 Å². The number of hydrogen-bond donors (Lipinski definition) is 1. The van der Waals surface area contributed by atoms with Crippen LogP contribution in [0.1, 0.15) is 61.4 Å². The highest BCUT2D eigenvalue weighted by Gasteiger charge is 2.23. The first kappa shape index (κ1) is 12.9. The van der Waals surface area contributed by atoms with Gasteiger partial charge >= 0.3 is 5.97 Å². The number of carboxylic acid groups (broad SMARTS) is 1. The molecule has 1 aromatic carbocycles. The van der Waals surface area contributed by atoms with Crippen LogP contribution in [0.25, 0.3) is 0 Å². The lowest BCUT2D eigenvalue weighted by atomic mass is 9.92. The molecule has 3 heteroatoms. The third-order valence-corrected chi connectivity index (χ3v) is 3.42. The van der Waals surface area contributed by atoms with Crippen molar-refractivity contribution < 1.29 is 14.6 Å². The third-order valence-electron chi connectivity index (χ3n) is 3.42. The number of aromatic carboxylic acids is 1. The van der Waals surface area contributed by atoms with Crippen molar-refractivity contribution >= 4 is 5.97 Å². The Bertz CT molecular complexity index is 431. The monoisotopic (exact) mass is 248 g/mol. The molecule has 1 N–H and O–H groups in total. The molecule has 2 rings (SSSR count). The van der Waals surface area contributed by atoms with E-state index < -0.39 is 5.97 Å². The Hall–Kier alpha value is -1.51. The lowest BCUT2D eigenvalue weighted by Crippen LogP contribution is -2.09. The molecule has 0 spiro atoms. The van der Waals surface area contributed by atoms with Crippen LogP contribution in [0.15, 0.2) is 18.2 Å². The molecule has 0 heterocycles. The highest BCUT2D eigenvalue weighted by Crippen LogP contribution is 2.37. The topological polar surface area (TPSA) is 46.5 Å². The molecule has 1 aliphatic rings. The Morgan fingerprint density at radius 3 is 2.56 bits per heavy atom. The quantitative estimate of drug-likeness (QED) is 0.880. The fourth-order valence-corrected chi connectivity index (χ4v) is 2.66. The first-order chi connectivity index (χ1) is 8.58. The lowest BCUT2D eigenvalue weighted by molar-refractivity contribution is 0.0694. The number of carbonyl (C=O) groups is 1. The molecule has 0 unspecified atom stereocenters. The highest BCUT2D eigenvalue weighted by molar-refractivity contribution is 5.90. The van der Waals surface area contributed by atoms with E-state index in [1.54, 1.807) is 6.07 Å². The summed E-state index contributed by atoms with van der Waals surface area (Å²) in [5, 5.41) is 9.33. The number of rotatable bonds is 4. The van der Waals surface area contributed by atoms with Crippen molar-refractivity contribution in [3.63, 3.8) is 0 Å². The first-order valence-corrected chi connectivity index (χ1v) is 6.62. The molecule has 0 atom stereocenters. The Morgan fingerprint density at radius 2 is 2.00 bits per heavy atom. The van der Waals surface area contributed by atoms with E-state index >= 15 is 0 Å². The smallest absolute Gasteiger partial charge is 0.336 e. The summed E-state index contributed by atoms with van der Waals surface area (Å²) in [6, 6.07) is 5.48. The van der Waals surface area contributed by atoms with Crippen LogP contribution in [0.2, 0.25) is 0 Å². The van der Waals surface area contributed by atoms with E-state index in [1.165, 1.54) is 12.8 Å². The van der Waals surface area contributed by atoms with E-state index in [-0.39, 0.29) is 6.10 Å². The predicted octanol–water partition coefficient (Wildman–Crippen LogP) is 3.83. The van der Waals surface area contributed by atoms with Gasteiger partial charge in [0.2, 0.25) is 0 Å². The number of ether oxygens (including phenoxy) is 1. The summed E-state index contributed by atoms with van der Waals surface area (Å²) in [6.45, 7) is 3.87. The van der Waals surface area contributed by atoms with Crippen LogP contribution in [0.4, 0.5) is 0 Å². The normalized spacial score (nSPS) is 16.2. The van der Waals surface area contributed by atoms with Gasteiger partial charge in [-0.25, -0.2) is 4.79 Å². The SMILES string of the molecule is CC(C)Oc1ccc(C2CCCC2)c(C(=O)O)c1. The zero-order valence-electron chi connectivity index (χ0n) is 11.0. The maximum atomic E-state index is 11.4. The summed E-state index contributed by atoms with van der Waals surface area (Å²) in [5.41, 5.74) is 1.37. The second kappa shape index (κ2) is 5.42. The molecule has 98 valence electrons. The Balaban J connectivity index is 2.31. The van der Waals surface area contributed by atoms with Gasteiger partial charge in [0, 0.05) is 0 Å². The van der Waals surface area contributed by atoms with E-state index in [0.29, 0.717) is 17.2 Å². The molecule has 1 aromatic rings. The van der Waals surface area contributed by atoms with E-state index in [0.717, 1.165) is 18.4 Å². The zero-order valence-corrected chi connectivity index (χ0v) is 11.0. The van der Waals surface area contributed by atoms with Crippen molar-refractivity contribution in [1.29, 1.82) is 0 Å². The van der Waals surface area contributed by atoms with Crippen molar-refractivity contribution in [3.8, 4) is 5.75 Å².